The molecule has 3 rings (SSSR count). The summed E-state index contributed by atoms with van der Waals surface area (Å²) in [6.45, 7) is 7.80. The number of benzene rings is 1. The molecular formula is C22H30N4O2S. The molecule has 0 aliphatic carbocycles. The minimum atomic E-state index is -0.0837. The monoisotopic (exact) mass is 414 g/mol. The van der Waals surface area contributed by atoms with Crippen LogP contribution < -0.4 is 5.32 Å². The van der Waals surface area contributed by atoms with Crippen LogP contribution in [-0.4, -0.2) is 53.9 Å². The summed E-state index contributed by atoms with van der Waals surface area (Å²) in [6, 6.07) is 8.44. The van der Waals surface area contributed by atoms with Crippen molar-refractivity contribution in [3.05, 3.63) is 35.2 Å². The first-order valence-electron chi connectivity index (χ1n) is 9.98. The zero-order valence-electron chi connectivity index (χ0n) is 17.9. The Labute approximate surface area is 176 Å². The van der Waals surface area contributed by atoms with Crippen LogP contribution in [-0.2, 0) is 10.2 Å². The van der Waals surface area contributed by atoms with Crippen molar-refractivity contribution in [3.8, 4) is 11.3 Å². The Bertz CT molecular complexity index is 860. The Morgan fingerprint density at radius 3 is 2.31 bits per heavy atom. The van der Waals surface area contributed by atoms with Gasteiger partial charge >= 0.3 is 6.03 Å². The zero-order chi connectivity index (χ0) is 21.2. The molecule has 1 fully saturated rings. The number of carbonyl (C=O) groups excluding carboxylic acids is 2. The second kappa shape index (κ2) is 8.53. The van der Waals surface area contributed by atoms with Gasteiger partial charge in [0.25, 0.3) is 0 Å². The van der Waals surface area contributed by atoms with Crippen molar-refractivity contribution in [3.63, 3.8) is 0 Å². The van der Waals surface area contributed by atoms with Gasteiger partial charge in [-0.05, 0) is 23.8 Å². The molecule has 0 radical (unpaired) electrons. The van der Waals surface area contributed by atoms with Crippen LogP contribution in [0.15, 0.2) is 29.6 Å². The van der Waals surface area contributed by atoms with E-state index in [2.05, 4.69) is 55.3 Å². The number of amides is 3. The van der Waals surface area contributed by atoms with E-state index in [0.717, 1.165) is 11.3 Å². The predicted molar refractivity (Wildman–Crippen MR) is 118 cm³/mol. The van der Waals surface area contributed by atoms with Gasteiger partial charge in [0.15, 0.2) is 5.13 Å². The predicted octanol–water partition coefficient (Wildman–Crippen LogP) is 4.44. The maximum absolute atomic E-state index is 12.6. The lowest BCUT2D eigenvalue weighted by molar-refractivity contribution is -0.121. The normalized spacial score (nSPS) is 15.3. The molecule has 1 aromatic carbocycles. The van der Waals surface area contributed by atoms with Gasteiger partial charge in [-0.1, -0.05) is 45.0 Å². The fraction of sp³-hybridized carbons (Fsp3) is 0.500. The minimum absolute atomic E-state index is 0.00547. The number of nitrogens with zero attached hydrogens (tertiary/aromatic N) is 3. The summed E-state index contributed by atoms with van der Waals surface area (Å²) in [6.07, 6.45) is 1.36. The molecule has 0 atom stereocenters. The number of anilines is 1. The van der Waals surface area contributed by atoms with Gasteiger partial charge in [-0.15, -0.1) is 11.3 Å². The average molecular weight is 415 g/mol. The summed E-state index contributed by atoms with van der Waals surface area (Å²) in [5, 5.41) is 5.55. The molecule has 1 aliphatic heterocycles. The van der Waals surface area contributed by atoms with E-state index in [1.807, 2.05) is 5.38 Å². The van der Waals surface area contributed by atoms with Gasteiger partial charge in [0.1, 0.15) is 0 Å². The molecule has 6 nitrogen and oxygen atoms in total. The maximum Gasteiger partial charge on any atom is 0.319 e. The number of carbonyl (C=O) groups is 2. The molecular weight excluding hydrogens is 384 g/mol. The SMILES string of the molecule is CN(C)C(=O)N1CCC(C(=O)Nc2nc(-c3ccc(C(C)(C)C)cc3)cs2)CC1. The molecule has 1 aliphatic rings. The second-order valence-electron chi connectivity index (χ2n) is 8.79. The molecule has 7 heteroatoms. The number of rotatable bonds is 3. The Morgan fingerprint density at radius 1 is 1.14 bits per heavy atom. The van der Waals surface area contributed by atoms with E-state index >= 15 is 0 Å². The van der Waals surface area contributed by atoms with Crippen molar-refractivity contribution in [1.29, 1.82) is 0 Å². The zero-order valence-corrected chi connectivity index (χ0v) is 18.7. The summed E-state index contributed by atoms with van der Waals surface area (Å²) < 4.78 is 0. The van der Waals surface area contributed by atoms with E-state index in [4.69, 9.17) is 0 Å². The summed E-state index contributed by atoms with van der Waals surface area (Å²) in [4.78, 5) is 32.6. The highest BCUT2D eigenvalue weighted by atomic mass is 32.1. The molecule has 0 bridgehead atoms. The fourth-order valence-electron chi connectivity index (χ4n) is 3.43. The van der Waals surface area contributed by atoms with Gasteiger partial charge in [-0.3, -0.25) is 4.79 Å². The van der Waals surface area contributed by atoms with E-state index in [-0.39, 0.29) is 23.3 Å². The van der Waals surface area contributed by atoms with Crippen molar-refractivity contribution >= 4 is 28.4 Å². The van der Waals surface area contributed by atoms with Gasteiger partial charge in [-0.25, -0.2) is 9.78 Å². The average Bonchev–Trinajstić information content (AvgIpc) is 3.15. The maximum atomic E-state index is 12.6. The number of nitrogens with one attached hydrogen (secondary N) is 1. The van der Waals surface area contributed by atoms with Gasteiger partial charge in [0.05, 0.1) is 5.69 Å². The van der Waals surface area contributed by atoms with Crippen molar-refractivity contribution in [2.45, 2.75) is 39.0 Å². The lowest BCUT2D eigenvalue weighted by Crippen LogP contribution is -2.45. The van der Waals surface area contributed by atoms with E-state index in [1.54, 1.807) is 23.9 Å². The molecule has 0 unspecified atom stereocenters. The lowest BCUT2D eigenvalue weighted by atomic mass is 9.86. The highest BCUT2D eigenvalue weighted by Crippen LogP contribution is 2.29. The molecule has 1 saturated heterocycles. The highest BCUT2D eigenvalue weighted by molar-refractivity contribution is 7.14. The van der Waals surface area contributed by atoms with Crippen LogP contribution in [0.2, 0.25) is 0 Å². The first-order chi connectivity index (χ1) is 13.6. The van der Waals surface area contributed by atoms with Crippen molar-refractivity contribution in [2.24, 2.45) is 5.92 Å². The molecule has 156 valence electrons. The molecule has 0 spiro atoms. The minimum Gasteiger partial charge on any atom is -0.331 e. The van der Waals surface area contributed by atoms with Crippen LogP contribution in [0.4, 0.5) is 9.93 Å². The summed E-state index contributed by atoms with van der Waals surface area (Å²) in [7, 11) is 3.50. The van der Waals surface area contributed by atoms with Crippen LogP contribution in [0.25, 0.3) is 11.3 Å². The van der Waals surface area contributed by atoms with Gasteiger partial charge in [0.2, 0.25) is 5.91 Å². The van der Waals surface area contributed by atoms with E-state index in [0.29, 0.717) is 31.1 Å². The van der Waals surface area contributed by atoms with Gasteiger partial charge in [-0.2, -0.15) is 0 Å². The van der Waals surface area contributed by atoms with Crippen LogP contribution >= 0.6 is 11.3 Å². The first kappa shape index (κ1) is 21.3. The highest BCUT2D eigenvalue weighted by Gasteiger charge is 2.28. The molecule has 0 saturated carbocycles. The Kier molecular flexibility index (Phi) is 6.27. The standard InChI is InChI=1S/C22H30N4O2S/c1-22(2,3)17-8-6-15(7-9-17)18-14-29-20(23-18)24-19(27)16-10-12-26(13-11-16)21(28)25(4)5/h6-9,14,16H,10-13H2,1-5H3,(H,23,24,27). The molecule has 3 amide bonds. The van der Waals surface area contributed by atoms with Crippen molar-refractivity contribution < 1.29 is 9.59 Å². The third kappa shape index (κ3) is 5.15. The van der Waals surface area contributed by atoms with Gasteiger partial charge < -0.3 is 15.1 Å². The number of urea groups is 1. The molecule has 1 N–H and O–H groups in total. The number of hydrogen-bond acceptors (Lipinski definition) is 4. The number of aromatic nitrogens is 1. The first-order valence-corrected chi connectivity index (χ1v) is 10.9. The number of hydrogen-bond donors (Lipinski definition) is 1. The largest absolute Gasteiger partial charge is 0.331 e. The summed E-state index contributed by atoms with van der Waals surface area (Å²) in [5.74, 6) is -0.0921. The second-order valence-corrected chi connectivity index (χ2v) is 9.65. The fourth-order valence-corrected chi connectivity index (χ4v) is 4.15. The summed E-state index contributed by atoms with van der Waals surface area (Å²) >= 11 is 1.44. The van der Waals surface area contributed by atoms with Crippen LogP contribution in [0.1, 0.15) is 39.2 Å². The Morgan fingerprint density at radius 2 is 1.76 bits per heavy atom. The Balaban J connectivity index is 1.58. The van der Waals surface area contributed by atoms with Crippen LogP contribution in [0, 0.1) is 5.92 Å². The number of piperidine rings is 1. The van der Waals surface area contributed by atoms with E-state index in [1.165, 1.54) is 16.9 Å². The van der Waals surface area contributed by atoms with E-state index < -0.39 is 0 Å². The van der Waals surface area contributed by atoms with Crippen LogP contribution in [0.3, 0.4) is 0 Å². The summed E-state index contributed by atoms with van der Waals surface area (Å²) in [5.41, 5.74) is 3.32. The topological polar surface area (TPSA) is 65.5 Å². The number of thiazole rings is 1. The lowest BCUT2D eigenvalue weighted by Gasteiger charge is -2.32. The molecule has 2 heterocycles. The molecule has 2 aromatic rings. The third-order valence-electron chi connectivity index (χ3n) is 5.30. The van der Waals surface area contributed by atoms with E-state index in [9.17, 15) is 9.59 Å². The number of likely N-dealkylation sites (tertiary alicyclic amines) is 1. The molecule has 29 heavy (non-hydrogen) atoms. The quantitative estimate of drug-likeness (QED) is 0.807. The van der Waals surface area contributed by atoms with Crippen molar-refractivity contribution in [2.75, 3.05) is 32.5 Å². The smallest absolute Gasteiger partial charge is 0.319 e. The van der Waals surface area contributed by atoms with Crippen molar-refractivity contribution in [1.82, 2.24) is 14.8 Å². The third-order valence-corrected chi connectivity index (χ3v) is 6.06. The molecule has 1 aromatic heterocycles. The Hall–Kier alpha value is -2.41. The van der Waals surface area contributed by atoms with Gasteiger partial charge in [0, 0.05) is 44.0 Å². The van der Waals surface area contributed by atoms with Crippen LogP contribution in [0.5, 0.6) is 0 Å².